The second kappa shape index (κ2) is 7.96. The van der Waals surface area contributed by atoms with E-state index in [1.807, 2.05) is 31.2 Å². The standard InChI is InChI=1S/C17H19N3O4/c1-12-4-3-5-15(10-12)24-9-8-18-17(21)19-14-6-7-16(20(22)23)13(2)11-14/h3-7,10-11H,8-9H2,1-2H3,(H2,18,19,21). The highest BCUT2D eigenvalue weighted by atomic mass is 16.6. The van der Waals surface area contributed by atoms with Crippen LogP contribution in [0.15, 0.2) is 42.5 Å². The number of nitro groups is 1. The van der Waals surface area contributed by atoms with Crippen LogP contribution in [0.1, 0.15) is 11.1 Å². The summed E-state index contributed by atoms with van der Waals surface area (Å²) in [5.41, 5.74) is 2.11. The number of carbonyl (C=O) groups is 1. The van der Waals surface area contributed by atoms with E-state index in [0.717, 1.165) is 11.3 Å². The van der Waals surface area contributed by atoms with Crippen molar-refractivity contribution in [3.8, 4) is 5.75 Å². The van der Waals surface area contributed by atoms with Gasteiger partial charge in [-0.25, -0.2) is 4.79 Å². The summed E-state index contributed by atoms with van der Waals surface area (Å²) in [6.07, 6.45) is 0. The van der Waals surface area contributed by atoms with Gasteiger partial charge in [-0.3, -0.25) is 10.1 Å². The molecule has 2 aromatic rings. The van der Waals surface area contributed by atoms with Gasteiger partial charge in [-0.1, -0.05) is 12.1 Å². The van der Waals surface area contributed by atoms with Crippen molar-refractivity contribution in [1.82, 2.24) is 5.32 Å². The Hall–Kier alpha value is -3.09. The lowest BCUT2D eigenvalue weighted by Crippen LogP contribution is -2.32. The highest BCUT2D eigenvalue weighted by Crippen LogP contribution is 2.21. The van der Waals surface area contributed by atoms with Gasteiger partial charge in [-0.2, -0.15) is 0 Å². The van der Waals surface area contributed by atoms with Crippen LogP contribution in [0, 0.1) is 24.0 Å². The molecule has 24 heavy (non-hydrogen) atoms. The normalized spacial score (nSPS) is 10.1. The number of nitrogens with one attached hydrogen (secondary N) is 2. The molecule has 0 aliphatic heterocycles. The minimum Gasteiger partial charge on any atom is -0.492 e. The number of nitro benzene ring substituents is 1. The SMILES string of the molecule is Cc1cccc(OCCNC(=O)Nc2ccc([N+](=O)[O-])c(C)c2)c1. The first kappa shape index (κ1) is 17.3. The molecule has 2 amide bonds. The van der Waals surface area contributed by atoms with Crippen molar-refractivity contribution < 1.29 is 14.5 Å². The smallest absolute Gasteiger partial charge is 0.319 e. The number of benzene rings is 2. The number of rotatable bonds is 6. The van der Waals surface area contributed by atoms with Gasteiger partial charge in [-0.15, -0.1) is 0 Å². The van der Waals surface area contributed by atoms with Gasteiger partial charge in [0.1, 0.15) is 12.4 Å². The third kappa shape index (κ3) is 4.98. The number of carbonyl (C=O) groups excluding carboxylic acids is 1. The quantitative estimate of drug-likeness (QED) is 0.482. The van der Waals surface area contributed by atoms with Crippen LogP contribution in [0.25, 0.3) is 0 Å². The Morgan fingerprint density at radius 2 is 2.00 bits per heavy atom. The summed E-state index contributed by atoms with van der Waals surface area (Å²) in [4.78, 5) is 22.1. The van der Waals surface area contributed by atoms with E-state index in [1.54, 1.807) is 13.0 Å². The zero-order valence-corrected chi connectivity index (χ0v) is 13.5. The summed E-state index contributed by atoms with van der Waals surface area (Å²) >= 11 is 0. The van der Waals surface area contributed by atoms with Gasteiger partial charge in [0.15, 0.2) is 0 Å². The molecule has 0 radical (unpaired) electrons. The molecule has 0 heterocycles. The third-order valence-electron chi connectivity index (χ3n) is 3.30. The molecule has 0 unspecified atom stereocenters. The molecule has 126 valence electrons. The maximum absolute atomic E-state index is 11.8. The van der Waals surface area contributed by atoms with Crippen LogP contribution in [0.3, 0.4) is 0 Å². The van der Waals surface area contributed by atoms with Crippen molar-refractivity contribution in [3.63, 3.8) is 0 Å². The van der Waals surface area contributed by atoms with Crippen LogP contribution in [-0.4, -0.2) is 24.1 Å². The topological polar surface area (TPSA) is 93.5 Å². The van der Waals surface area contributed by atoms with E-state index in [0.29, 0.717) is 24.4 Å². The summed E-state index contributed by atoms with van der Waals surface area (Å²) in [6, 6.07) is 11.7. The first-order valence-corrected chi connectivity index (χ1v) is 7.45. The fourth-order valence-corrected chi connectivity index (χ4v) is 2.15. The van der Waals surface area contributed by atoms with Crippen LogP contribution in [0.5, 0.6) is 5.75 Å². The fraction of sp³-hybridized carbons (Fsp3) is 0.235. The lowest BCUT2D eigenvalue weighted by Gasteiger charge is -2.10. The molecule has 0 saturated carbocycles. The predicted molar refractivity (Wildman–Crippen MR) is 91.5 cm³/mol. The van der Waals surface area contributed by atoms with Crippen molar-refractivity contribution in [1.29, 1.82) is 0 Å². The van der Waals surface area contributed by atoms with Gasteiger partial charge in [0.2, 0.25) is 0 Å². The average molecular weight is 329 g/mol. The summed E-state index contributed by atoms with van der Waals surface area (Å²) in [5, 5.41) is 16.1. The Kier molecular flexibility index (Phi) is 5.73. The first-order valence-electron chi connectivity index (χ1n) is 7.45. The molecular weight excluding hydrogens is 310 g/mol. The summed E-state index contributed by atoms with van der Waals surface area (Å²) in [6.45, 7) is 4.28. The molecule has 0 atom stereocenters. The molecule has 7 nitrogen and oxygen atoms in total. The van der Waals surface area contributed by atoms with Gasteiger partial charge in [0, 0.05) is 17.3 Å². The number of urea groups is 1. The molecule has 0 aliphatic carbocycles. The van der Waals surface area contributed by atoms with E-state index >= 15 is 0 Å². The Labute approximate surface area is 139 Å². The van der Waals surface area contributed by atoms with Crippen molar-refractivity contribution in [2.24, 2.45) is 0 Å². The van der Waals surface area contributed by atoms with Crippen LogP contribution in [0.2, 0.25) is 0 Å². The zero-order chi connectivity index (χ0) is 17.5. The van der Waals surface area contributed by atoms with Gasteiger partial charge < -0.3 is 15.4 Å². The summed E-state index contributed by atoms with van der Waals surface area (Å²) < 4.78 is 5.53. The van der Waals surface area contributed by atoms with Crippen molar-refractivity contribution >= 4 is 17.4 Å². The number of aryl methyl sites for hydroxylation is 2. The Bertz CT molecular complexity index is 746. The van der Waals surface area contributed by atoms with Crippen molar-refractivity contribution in [3.05, 3.63) is 63.7 Å². The number of amides is 2. The van der Waals surface area contributed by atoms with E-state index < -0.39 is 11.0 Å². The van der Waals surface area contributed by atoms with Gasteiger partial charge in [-0.05, 0) is 43.7 Å². The summed E-state index contributed by atoms with van der Waals surface area (Å²) in [7, 11) is 0. The maximum atomic E-state index is 11.8. The summed E-state index contributed by atoms with van der Waals surface area (Å²) in [5.74, 6) is 0.753. The van der Waals surface area contributed by atoms with E-state index in [-0.39, 0.29) is 5.69 Å². The lowest BCUT2D eigenvalue weighted by molar-refractivity contribution is -0.385. The second-order valence-electron chi connectivity index (χ2n) is 5.30. The molecule has 2 rings (SSSR count). The minimum absolute atomic E-state index is 0.0208. The molecule has 0 aromatic heterocycles. The molecule has 0 saturated heterocycles. The number of nitrogens with zero attached hydrogens (tertiary/aromatic N) is 1. The van der Waals surface area contributed by atoms with Crippen LogP contribution < -0.4 is 15.4 Å². The number of hydrogen-bond acceptors (Lipinski definition) is 4. The first-order chi connectivity index (χ1) is 11.5. The van der Waals surface area contributed by atoms with E-state index in [9.17, 15) is 14.9 Å². The van der Waals surface area contributed by atoms with Crippen molar-refractivity contribution in [2.75, 3.05) is 18.5 Å². The van der Waals surface area contributed by atoms with Crippen LogP contribution >= 0.6 is 0 Å². The Balaban J connectivity index is 1.77. The Morgan fingerprint density at radius 3 is 2.67 bits per heavy atom. The molecule has 0 aliphatic rings. The van der Waals surface area contributed by atoms with Crippen molar-refractivity contribution in [2.45, 2.75) is 13.8 Å². The predicted octanol–water partition coefficient (Wildman–Crippen LogP) is 3.41. The molecule has 0 fully saturated rings. The number of hydrogen-bond donors (Lipinski definition) is 2. The highest BCUT2D eigenvalue weighted by molar-refractivity contribution is 5.89. The molecule has 0 bridgehead atoms. The molecule has 7 heteroatoms. The molecule has 0 spiro atoms. The highest BCUT2D eigenvalue weighted by Gasteiger charge is 2.11. The van der Waals surface area contributed by atoms with E-state index in [2.05, 4.69) is 10.6 Å². The molecular formula is C17H19N3O4. The van der Waals surface area contributed by atoms with E-state index in [1.165, 1.54) is 12.1 Å². The monoisotopic (exact) mass is 329 g/mol. The maximum Gasteiger partial charge on any atom is 0.319 e. The van der Waals surface area contributed by atoms with Crippen LogP contribution in [0.4, 0.5) is 16.2 Å². The lowest BCUT2D eigenvalue weighted by atomic mass is 10.2. The number of ether oxygens (including phenoxy) is 1. The van der Waals surface area contributed by atoms with Crippen LogP contribution in [-0.2, 0) is 0 Å². The van der Waals surface area contributed by atoms with Gasteiger partial charge >= 0.3 is 6.03 Å². The van der Waals surface area contributed by atoms with Gasteiger partial charge in [0.25, 0.3) is 5.69 Å². The minimum atomic E-state index is -0.457. The second-order valence-corrected chi connectivity index (χ2v) is 5.30. The van der Waals surface area contributed by atoms with E-state index in [4.69, 9.17) is 4.74 Å². The largest absolute Gasteiger partial charge is 0.492 e. The number of anilines is 1. The molecule has 2 aromatic carbocycles. The average Bonchev–Trinajstić information content (AvgIpc) is 2.51. The zero-order valence-electron chi connectivity index (χ0n) is 13.5. The fourth-order valence-electron chi connectivity index (χ4n) is 2.15. The third-order valence-corrected chi connectivity index (χ3v) is 3.30. The van der Waals surface area contributed by atoms with Gasteiger partial charge in [0.05, 0.1) is 11.5 Å². The Morgan fingerprint density at radius 1 is 1.21 bits per heavy atom. The molecule has 2 N–H and O–H groups in total.